The topological polar surface area (TPSA) is 44.5 Å². The third kappa shape index (κ3) is 2.95. The first kappa shape index (κ1) is 14.5. The van der Waals surface area contributed by atoms with Crippen LogP contribution in [0.2, 0.25) is 10.0 Å². The molecule has 0 aromatic heterocycles. The third-order valence-electron chi connectivity index (χ3n) is 3.66. The lowest BCUT2D eigenvalue weighted by molar-refractivity contribution is 0.174. The lowest BCUT2D eigenvalue weighted by Crippen LogP contribution is -2.15. The van der Waals surface area contributed by atoms with Gasteiger partial charge >= 0.3 is 0 Å². The normalized spacial score (nSPS) is 14.2. The largest absolute Gasteiger partial charge is 0.454 e. The molecule has 0 saturated heterocycles. The fraction of sp³-hybridized carbons (Fsp3) is 0.250. The maximum atomic E-state index is 6.24. The summed E-state index contributed by atoms with van der Waals surface area (Å²) in [6, 6.07) is 11.4. The molecule has 0 bridgehead atoms. The molecular formula is C16H15Cl2NO2. The maximum Gasteiger partial charge on any atom is 0.231 e. The van der Waals surface area contributed by atoms with E-state index < -0.39 is 0 Å². The summed E-state index contributed by atoms with van der Waals surface area (Å²) in [6.07, 6.45) is 0.689. The number of hydrogen-bond donors (Lipinski definition) is 1. The van der Waals surface area contributed by atoms with Gasteiger partial charge in [-0.15, -0.1) is 0 Å². The second kappa shape index (κ2) is 6.14. The Hall–Kier alpha value is -1.42. The van der Waals surface area contributed by atoms with E-state index >= 15 is 0 Å². The molecule has 2 aromatic carbocycles. The smallest absolute Gasteiger partial charge is 0.231 e. The quantitative estimate of drug-likeness (QED) is 0.924. The Kier molecular flexibility index (Phi) is 4.24. The van der Waals surface area contributed by atoms with E-state index in [9.17, 15) is 0 Å². The van der Waals surface area contributed by atoms with Gasteiger partial charge in [0, 0.05) is 16.0 Å². The van der Waals surface area contributed by atoms with Crippen molar-refractivity contribution in [3.63, 3.8) is 0 Å². The van der Waals surface area contributed by atoms with Crippen LogP contribution in [0.5, 0.6) is 11.5 Å². The van der Waals surface area contributed by atoms with Crippen LogP contribution in [0.3, 0.4) is 0 Å². The van der Waals surface area contributed by atoms with Crippen molar-refractivity contribution >= 4 is 23.2 Å². The zero-order chi connectivity index (χ0) is 14.8. The minimum absolute atomic E-state index is 0.122. The minimum Gasteiger partial charge on any atom is -0.454 e. The number of ether oxygens (including phenoxy) is 2. The van der Waals surface area contributed by atoms with Gasteiger partial charge in [-0.1, -0.05) is 35.3 Å². The Morgan fingerprint density at radius 2 is 1.76 bits per heavy atom. The summed E-state index contributed by atoms with van der Waals surface area (Å²) in [5, 5.41) is 1.34. The van der Waals surface area contributed by atoms with Crippen LogP contribution in [-0.2, 0) is 6.42 Å². The fourth-order valence-corrected chi connectivity index (χ4v) is 3.03. The van der Waals surface area contributed by atoms with E-state index in [0.29, 0.717) is 23.0 Å². The first-order chi connectivity index (χ1) is 10.2. The summed E-state index contributed by atoms with van der Waals surface area (Å²) in [5.41, 5.74) is 7.96. The molecule has 3 rings (SSSR count). The summed E-state index contributed by atoms with van der Waals surface area (Å²) < 4.78 is 10.7. The molecule has 5 heteroatoms. The van der Waals surface area contributed by atoms with Crippen molar-refractivity contribution in [1.29, 1.82) is 0 Å². The average molecular weight is 324 g/mol. The van der Waals surface area contributed by atoms with Gasteiger partial charge in [-0.25, -0.2) is 0 Å². The van der Waals surface area contributed by atoms with E-state index in [1.807, 2.05) is 36.4 Å². The van der Waals surface area contributed by atoms with Crippen LogP contribution in [-0.4, -0.2) is 13.3 Å². The van der Waals surface area contributed by atoms with Crippen molar-refractivity contribution in [3.8, 4) is 11.5 Å². The Morgan fingerprint density at radius 3 is 2.48 bits per heavy atom. The SMILES string of the molecule is NCC(Cc1c(Cl)cccc1Cl)c1ccc2c(c1)OCO2. The number of hydrogen-bond acceptors (Lipinski definition) is 3. The molecule has 1 unspecified atom stereocenters. The lowest BCUT2D eigenvalue weighted by Gasteiger charge is -2.17. The van der Waals surface area contributed by atoms with Crippen LogP contribution in [0.1, 0.15) is 17.0 Å². The molecule has 1 aliphatic heterocycles. The minimum atomic E-state index is 0.122. The highest BCUT2D eigenvalue weighted by Gasteiger charge is 2.19. The zero-order valence-corrected chi connectivity index (χ0v) is 12.8. The highest BCUT2D eigenvalue weighted by atomic mass is 35.5. The van der Waals surface area contributed by atoms with Crippen LogP contribution < -0.4 is 15.2 Å². The predicted octanol–water partition coefficient (Wildman–Crippen LogP) is 4.01. The van der Waals surface area contributed by atoms with E-state index in [4.69, 9.17) is 38.4 Å². The standard InChI is InChI=1S/C16H15Cl2NO2/c17-13-2-1-3-14(18)12(13)6-11(8-19)10-4-5-15-16(7-10)21-9-20-15/h1-5,7,11H,6,8-9,19H2. The van der Waals surface area contributed by atoms with Gasteiger partial charge in [0.1, 0.15) is 0 Å². The molecule has 1 atom stereocenters. The van der Waals surface area contributed by atoms with Gasteiger partial charge in [0.2, 0.25) is 6.79 Å². The highest BCUT2D eigenvalue weighted by molar-refractivity contribution is 6.36. The van der Waals surface area contributed by atoms with Crippen molar-refractivity contribution in [3.05, 3.63) is 57.6 Å². The van der Waals surface area contributed by atoms with Gasteiger partial charge in [0.05, 0.1) is 0 Å². The van der Waals surface area contributed by atoms with E-state index in [2.05, 4.69) is 0 Å². The van der Waals surface area contributed by atoms with Crippen LogP contribution in [0, 0.1) is 0 Å². The molecule has 0 saturated carbocycles. The van der Waals surface area contributed by atoms with Crippen LogP contribution in [0.4, 0.5) is 0 Å². The molecule has 0 spiro atoms. The summed E-state index contributed by atoms with van der Waals surface area (Å²) in [7, 11) is 0. The molecule has 0 aliphatic carbocycles. The summed E-state index contributed by atoms with van der Waals surface area (Å²) in [5.74, 6) is 1.65. The van der Waals surface area contributed by atoms with Gasteiger partial charge < -0.3 is 15.2 Å². The molecule has 1 aliphatic rings. The third-order valence-corrected chi connectivity index (χ3v) is 4.37. The number of halogens is 2. The first-order valence-corrected chi connectivity index (χ1v) is 7.47. The molecule has 2 aromatic rings. The van der Waals surface area contributed by atoms with Crippen LogP contribution in [0.25, 0.3) is 0 Å². The molecule has 21 heavy (non-hydrogen) atoms. The van der Waals surface area contributed by atoms with Gasteiger partial charge in [-0.05, 0) is 48.4 Å². The highest BCUT2D eigenvalue weighted by Crippen LogP contribution is 2.36. The fourth-order valence-electron chi connectivity index (χ4n) is 2.48. The lowest BCUT2D eigenvalue weighted by atomic mass is 9.91. The molecule has 0 fully saturated rings. The zero-order valence-electron chi connectivity index (χ0n) is 11.3. The van der Waals surface area contributed by atoms with E-state index in [1.54, 1.807) is 0 Å². The summed E-state index contributed by atoms with van der Waals surface area (Å²) in [6.45, 7) is 0.767. The van der Waals surface area contributed by atoms with Gasteiger partial charge in [-0.3, -0.25) is 0 Å². The van der Waals surface area contributed by atoms with Crippen molar-refractivity contribution in [2.24, 2.45) is 5.73 Å². The molecule has 1 heterocycles. The van der Waals surface area contributed by atoms with Crippen molar-refractivity contribution in [2.45, 2.75) is 12.3 Å². The molecule has 110 valence electrons. The van der Waals surface area contributed by atoms with E-state index in [0.717, 1.165) is 22.6 Å². The van der Waals surface area contributed by atoms with Gasteiger partial charge in [0.15, 0.2) is 11.5 Å². The maximum absolute atomic E-state index is 6.24. The monoisotopic (exact) mass is 323 g/mol. The molecular weight excluding hydrogens is 309 g/mol. The molecule has 2 N–H and O–H groups in total. The number of rotatable bonds is 4. The van der Waals surface area contributed by atoms with Crippen LogP contribution >= 0.6 is 23.2 Å². The van der Waals surface area contributed by atoms with Crippen molar-refractivity contribution < 1.29 is 9.47 Å². The predicted molar refractivity (Wildman–Crippen MR) is 84.5 cm³/mol. The molecule has 3 nitrogen and oxygen atoms in total. The van der Waals surface area contributed by atoms with Gasteiger partial charge in [-0.2, -0.15) is 0 Å². The second-order valence-corrected chi connectivity index (χ2v) is 5.76. The average Bonchev–Trinajstić information content (AvgIpc) is 2.94. The Morgan fingerprint density at radius 1 is 1.05 bits per heavy atom. The summed E-state index contributed by atoms with van der Waals surface area (Å²) in [4.78, 5) is 0. The number of benzene rings is 2. The van der Waals surface area contributed by atoms with E-state index in [-0.39, 0.29) is 12.7 Å². The number of fused-ring (bicyclic) bond motifs is 1. The molecule has 0 amide bonds. The summed E-state index contributed by atoms with van der Waals surface area (Å²) >= 11 is 12.5. The Bertz CT molecular complexity index is 640. The molecule has 0 radical (unpaired) electrons. The Balaban J connectivity index is 1.89. The van der Waals surface area contributed by atoms with Crippen molar-refractivity contribution in [2.75, 3.05) is 13.3 Å². The van der Waals surface area contributed by atoms with Crippen molar-refractivity contribution in [1.82, 2.24) is 0 Å². The van der Waals surface area contributed by atoms with E-state index in [1.165, 1.54) is 0 Å². The van der Waals surface area contributed by atoms with Gasteiger partial charge in [0.25, 0.3) is 0 Å². The van der Waals surface area contributed by atoms with Crippen LogP contribution in [0.15, 0.2) is 36.4 Å². The first-order valence-electron chi connectivity index (χ1n) is 6.71. The second-order valence-electron chi connectivity index (χ2n) is 4.95. The number of nitrogens with two attached hydrogens (primary N) is 1. The Labute approximate surface area is 133 Å².